The molecule has 12 heavy (non-hydrogen) atoms. The van der Waals surface area contributed by atoms with E-state index in [0.717, 1.165) is 18.2 Å². The Bertz CT molecular complexity index is 292. The molecule has 0 heterocycles. The molecule has 0 fully saturated rings. The maximum atomic E-state index is 12.5. The molecular formula is C8H6F2NO. The summed E-state index contributed by atoms with van der Waals surface area (Å²) in [5.41, 5.74) is 6.76. The van der Waals surface area contributed by atoms with Crippen molar-refractivity contribution in [2.45, 2.75) is 6.42 Å². The number of benzene rings is 1. The highest BCUT2D eigenvalue weighted by Gasteiger charge is 2.03. The summed E-state index contributed by atoms with van der Waals surface area (Å²) in [5.74, 6) is -2.32. The molecule has 0 bridgehead atoms. The van der Waals surface area contributed by atoms with E-state index in [-0.39, 0.29) is 12.0 Å². The number of carbonyl (C=O) groups excluding carboxylic acids is 1. The van der Waals surface area contributed by atoms with E-state index in [2.05, 4.69) is 0 Å². The molecule has 1 rings (SSSR count). The summed E-state index contributed by atoms with van der Waals surface area (Å²) >= 11 is 0. The van der Waals surface area contributed by atoms with E-state index in [9.17, 15) is 13.6 Å². The van der Waals surface area contributed by atoms with Crippen LogP contribution in [0.1, 0.15) is 5.56 Å². The highest BCUT2D eigenvalue weighted by atomic mass is 19.1. The zero-order valence-electron chi connectivity index (χ0n) is 6.10. The van der Waals surface area contributed by atoms with Crippen molar-refractivity contribution in [2.75, 3.05) is 0 Å². The fourth-order valence-corrected chi connectivity index (χ4v) is 0.898. The van der Waals surface area contributed by atoms with Gasteiger partial charge in [-0.25, -0.2) is 8.78 Å². The van der Waals surface area contributed by atoms with Gasteiger partial charge in [0.15, 0.2) is 0 Å². The molecule has 0 aromatic heterocycles. The summed E-state index contributed by atoms with van der Waals surface area (Å²) in [7, 11) is 0. The molecule has 0 atom stereocenters. The van der Waals surface area contributed by atoms with Gasteiger partial charge in [0, 0.05) is 6.07 Å². The average Bonchev–Trinajstić information content (AvgIpc) is 1.81. The van der Waals surface area contributed by atoms with Gasteiger partial charge in [-0.15, -0.1) is 0 Å². The maximum Gasteiger partial charge on any atom is 0.242 e. The van der Waals surface area contributed by atoms with Crippen LogP contribution in [0, 0.1) is 11.6 Å². The summed E-state index contributed by atoms with van der Waals surface area (Å²) in [6, 6.07) is 2.79. The summed E-state index contributed by atoms with van der Waals surface area (Å²) < 4.78 is 24.9. The lowest BCUT2D eigenvalue weighted by Crippen LogP contribution is -2.03. The van der Waals surface area contributed by atoms with Crippen LogP contribution in [0.5, 0.6) is 0 Å². The fraction of sp³-hybridized carbons (Fsp3) is 0.125. The van der Waals surface area contributed by atoms with Gasteiger partial charge in [0.1, 0.15) is 11.6 Å². The van der Waals surface area contributed by atoms with E-state index in [4.69, 9.17) is 5.73 Å². The maximum absolute atomic E-state index is 12.5. The third-order valence-electron chi connectivity index (χ3n) is 1.29. The van der Waals surface area contributed by atoms with Crippen molar-refractivity contribution in [1.29, 1.82) is 0 Å². The van der Waals surface area contributed by atoms with E-state index in [1.807, 2.05) is 0 Å². The first-order valence-electron chi connectivity index (χ1n) is 3.27. The molecule has 63 valence electrons. The molecule has 4 heteroatoms. The van der Waals surface area contributed by atoms with Crippen molar-refractivity contribution < 1.29 is 13.6 Å². The largest absolute Gasteiger partial charge is 0.273 e. The van der Waals surface area contributed by atoms with Crippen molar-refractivity contribution in [3.05, 3.63) is 35.4 Å². The second-order valence-electron chi connectivity index (χ2n) is 2.38. The lowest BCUT2D eigenvalue weighted by Gasteiger charge is -1.97. The molecule has 0 unspecified atom stereocenters. The van der Waals surface area contributed by atoms with Crippen molar-refractivity contribution in [3.63, 3.8) is 0 Å². The van der Waals surface area contributed by atoms with Gasteiger partial charge in [-0.3, -0.25) is 10.5 Å². The number of hydrogen-bond donors (Lipinski definition) is 0. The quantitative estimate of drug-likeness (QED) is 0.659. The Hall–Kier alpha value is -1.45. The molecule has 0 saturated heterocycles. The van der Waals surface area contributed by atoms with E-state index in [0.29, 0.717) is 0 Å². The van der Waals surface area contributed by atoms with Crippen LogP contribution < -0.4 is 5.73 Å². The van der Waals surface area contributed by atoms with Crippen LogP contribution in [-0.2, 0) is 11.2 Å². The Labute approximate surface area is 68.0 Å². The average molecular weight is 170 g/mol. The zero-order valence-corrected chi connectivity index (χ0v) is 6.10. The summed E-state index contributed by atoms with van der Waals surface area (Å²) in [5, 5.41) is 0. The molecule has 0 aliphatic carbocycles. The molecule has 1 N–H and O–H groups in total. The Balaban J connectivity index is 2.93. The molecule has 1 radical (unpaired) electrons. The molecule has 0 aliphatic heterocycles. The van der Waals surface area contributed by atoms with Gasteiger partial charge >= 0.3 is 0 Å². The Morgan fingerprint density at radius 1 is 1.25 bits per heavy atom. The number of hydrogen-bond acceptors (Lipinski definition) is 1. The van der Waals surface area contributed by atoms with Gasteiger partial charge in [0.05, 0.1) is 6.42 Å². The van der Waals surface area contributed by atoms with Crippen molar-refractivity contribution >= 4 is 5.91 Å². The minimum Gasteiger partial charge on any atom is -0.273 e. The first-order valence-corrected chi connectivity index (χ1v) is 3.27. The van der Waals surface area contributed by atoms with Crippen molar-refractivity contribution in [3.8, 4) is 0 Å². The van der Waals surface area contributed by atoms with E-state index >= 15 is 0 Å². The molecular weight excluding hydrogens is 164 g/mol. The van der Waals surface area contributed by atoms with E-state index in [1.54, 1.807) is 0 Å². The van der Waals surface area contributed by atoms with Crippen LogP contribution in [0.3, 0.4) is 0 Å². The fourth-order valence-electron chi connectivity index (χ4n) is 0.898. The van der Waals surface area contributed by atoms with Crippen molar-refractivity contribution in [1.82, 2.24) is 5.73 Å². The Kier molecular flexibility index (Phi) is 2.38. The summed E-state index contributed by atoms with van der Waals surface area (Å²) in [6.45, 7) is 0. The van der Waals surface area contributed by atoms with Gasteiger partial charge in [-0.2, -0.15) is 0 Å². The Morgan fingerprint density at radius 3 is 2.17 bits per heavy atom. The second-order valence-corrected chi connectivity index (χ2v) is 2.38. The smallest absolute Gasteiger partial charge is 0.242 e. The summed E-state index contributed by atoms with van der Waals surface area (Å²) in [4.78, 5) is 10.3. The van der Waals surface area contributed by atoms with Crippen LogP contribution in [0.2, 0.25) is 0 Å². The number of amides is 1. The van der Waals surface area contributed by atoms with Gasteiger partial charge in [-0.1, -0.05) is 0 Å². The second kappa shape index (κ2) is 3.30. The molecule has 2 nitrogen and oxygen atoms in total. The highest BCUT2D eigenvalue weighted by molar-refractivity contribution is 5.75. The predicted molar refractivity (Wildman–Crippen MR) is 38.2 cm³/mol. The number of halogens is 2. The minimum absolute atomic E-state index is 0.188. The lowest BCUT2D eigenvalue weighted by atomic mass is 10.1. The normalized spacial score (nSPS) is 9.83. The van der Waals surface area contributed by atoms with Crippen LogP contribution >= 0.6 is 0 Å². The molecule has 0 saturated carbocycles. The third kappa shape index (κ3) is 2.30. The van der Waals surface area contributed by atoms with Crippen LogP contribution in [-0.4, -0.2) is 5.91 Å². The van der Waals surface area contributed by atoms with Crippen LogP contribution in [0.4, 0.5) is 8.78 Å². The number of carbonyl (C=O) groups is 1. The molecule has 1 amide bonds. The van der Waals surface area contributed by atoms with E-state index in [1.165, 1.54) is 0 Å². The third-order valence-corrected chi connectivity index (χ3v) is 1.29. The van der Waals surface area contributed by atoms with E-state index < -0.39 is 17.5 Å². The van der Waals surface area contributed by atoms with Gasteiger partial charge < -0.3 is 0 Å². The predicted octanol–water partition coefficient (Wildman–Crippen LogP) is 1.32. The molecule has 1 aromatic rings. The topological polar surface area (TPSA) is 40.9 Å². The minimum atomic E-state index is -0.861. The monoisotopic (exact) mass is 170 g/mol. The van der Waals surface area contributed by atoms with Gasteiger partial charge in [-0.05, 0) is 17.7 Å². The SMILES string of the molecule is [NH]C(=O)Cc1cc(F)cc(F)c1. The molecule has 1 aromatic carbocycles. The van der Waals surface area contributed by atoms with Crippen molar-refractivity contribution in [2.24, 2.45) is 0 Å². The van der Waals surface area contributed by atoms with Gasteiger partial charge in [0.25, 0.3) is 0 Å². The number of rotatable bonds is 2. The Morgan fingerprint density at radius 2 is 1.75 bits per heavy atom. The first-order chi connectivity index (χ1) is 5.58. The first kappa shape index (κ1) is 8.64. The molecule has 0 aliphatic rings. The van der Waals surface area contributed by atoms with Gasteiger partial charge in [0.2, 0.25) is 5.91 Å². The standard InChI is InChI=1S/C8H6F2NO/c9-6-1-5(3-8(11)12)2-7(10)4-6/h1-2,4,11H,3H2. The zero-order chi connectivity index (χ0) is 9.14. The summed E-state index contributed by atoms with van der Waals surface area (Å²) in [6.07, 6.45) is -0.255. The van der Waals surface area contributed by atoms with Crippen LogP contribution in [0.25, 0.3) is 0 Å². The highest BCUT2D eigenvalue weighted by Crippen LogP contribution is 2.08. The van der Waals surface area contributed by atoms with Crippen LogP contribution in [0.15, 0.2) is 18.2 Å². The lowest BCUT2D eigenvalue weighted by molar-refractivity contribution is -0.118. The molecule has 0 spiro atoms. The number of nitrogens with one attached hydrogen (secondary N) is 1.